The molecular formula is C11H20N2O3. The number of ether oxygens (including phenoxy) is 2. The minimum Gasteiger partial charge on any atom is -0.444 e. The van der Waals surface area contributed by atoms with E-state index in [-0.39, 0.29) is 24.1 Å². The lowest BCUT2D eigenvalue weighted by molar-refractivity contribution is 0.0193. The minimum atomic E-state index is -0.460. The number of hydrogen-bond acceptors (Lipinski definition) is 4. The van der Waals surface area contributed by atoms with Gasteiger partial charge < -0.3 is 20.1 Å². The van der Waals surface area contributed by atoms with E-state index >= 15 is 0 Å². The summed E-state index contributed by atoms with van der Waals surface area (Å²) in [5.41, 5.74) is 5.52. The van der Waals surface area contributed by atoms with Crippen molar-refractivity contribution in [2.75, 3.05) is 19.8 Å². The number of fused-ring (bicyclic) bond motifs is 1. The first-order valence-corrected chi connectivity index (χ1v) is 5.71. The number of rotatable bonds is 0. The van der Waals surface area contributed by atoms with Crippen LogP contribution in [0.4, 0.5) is 4.79 Å². The third-order valence-corrected chi connectivity index (χ3v) is 3.08. The summed E-state index contributed by atoms with van der Waals surface area (Å²) in [6, 6.07) is 0.116. The molecule has 2 rings (SSSR count). The average molecular weight is 228 g/mol. The second-order valence-electron chi connectivity index (χ2n) is 5.57. The maximum absolute atomic E-state index is 11.9. The van der Waals surface area contributed by atoms with Crippen molar-refractivity contribution in [3.8, 4) is 0 Å². The molecule has 2 saturated heterocycles. The van der Waals surface area contributed by atoms with Crippen molar-refractivity contribution in [2.24, 2.45) is 11.7 Å². The highest BCUT2D eigenvalue weighted by Crippen LogP contribution is 2.30. The van der Waals surface area contributed by atoms with Gasteiger partial charge >= 0.3 is 6.09 Å². The molecule has 0 aromatic heterocycles. The van der Waals surface area contributed by atoms with Crippen LogP contribution in [0, 0.1) is 5.92 Å². The molecule has 0 spiro atoms. The van der Waals surface area contributed by atoms with Gasteiger partial charge in [-0.15, -0.1) is 0 Å². The van der Waals surface area contributed by atoms with E-state index in [0.717, 1.165) is 0 Å². The van der Waals surface area contributed by atoms with Crippen molar-refractivity contribution < 1.29 is 14.3 Å². The Morgan fingerprint density at radius 1 is 1.44 bits per heavy atom. The Bertz CT molecular complexity index is 287. The normalized spacial score (nSPS) is 34.0. The molecule has 0 aliphatic carbocycles. The van der Waals surface area contributed by atoms with E-state index in [1.54, 1.807) is 4.90 Å². The topological polar surface area (TPSA) is 64.8 Å². The van der Waals surface area contributed by atoms with Gasteiger partial charge in [0, 0.05) is 18.5 Å². The van der Waals surface area contributed by atoms with E-state index in [1.807, 2.05) is 20.8 Å². The summed E-state index contributed by atoms with van der Waals surface area (Å²) < 4.78 is 10.7. The highest BCUT2D eigenvalue weighted by atomic mass is 16.6. The van der Waals surface area contributed by atoms with Crippen LogP contribution in [0.2, 0.25) is 0 Å². The van der Waals surface area contributed by atoms with Gasteiger partial charge in [-0.3, -0.25) is 0 Å². The van der Waals surface area contributed by atoms with Crippen LogP contribution < -0.4 is 5.73 Å². The quantitative estimate of drug-likeness (QED) is 0.658. The monoisotopic (exact) mass is 228 g/mol. The third kappa shape index (κ3) is 2.15. The fourth-order valence-corrected chi connectivity index (χ4v) is 2.32. The van der Waals surface area contributed by atoms with Crippen LogP contribution in [-0.4, -0.2) is 48.4 Å². The molecule has 0 saturated carbocycles. The molecule has 3 unspecified atom stereocenters. The van der Waals surface area contributed by atoms with Gasteiger partial charge in [0.05, 0.1) is 19.3 Å². The lowest BCUT2D eigenvalue weighted by atomic mass is 10.0. The number of nitrogens with two attached hydrogens (primary N) is 1. The number of amides is 1. The second kappa shape index (κ2) is 3.89. The van der Waals surface area contributed by atoms with Gasteiger partial charge in [-0.1, -0.05) is 0 Å². The second-order valence-corrected chi connectivity index (χ2v) is 5.57. The summed E-state index contributed by atoms with van der Waals surface area (Å²) in [7, 11) is 0. The van der Waals surface area contributed by atoms with Gasteiger partial charge in [-0.25, -0.2) is 4.79 Å². The first kappa shape index (κ1) is 11.7. The smallest absolute Gasteiger partial charge is 0.410 e. The highest BCUT2D eigenvalue weighted by molar-refractivity contribution is 5.69. The number of likely N-dealkylation sites (tertiary alicyclic amines) is 1. The van der Waals surface area contributed by atoms with Gasteiger partial charge in [-0.05, 0) is 20.8 Å². The van der Waals surface area contributed by atoms with Crippen molar-refractivity contribution in [3.05, 3.63) is 0 Å². The predicted octanol–water partition coefficient (Wildman–Crippen LogP) is 0.579. The van der Waals surface area contributed by atoms with Gasteiger partial charge in [0.2, 0.25) is 0 Å². The standard InChI is InChI=1S/C11H20N2O3/c1-11(2,3)16-10(14)13-4-8(12)7-5-15-6-9(7)13/h7-9H,4-6,12H2,1-3H3. The SMILES string of the molecule is CC(C)(C)OC(=O)N1CC(N)C2COCC21. The molecule has 0 bridgehead atoms. The van der Waals surface area contributed by atoms with Crippen LogP contribution in [0.15, 0.2) is 0 Å². The Labute approximate surface area is 95.9 Å². The zero-order valence-corrected chi connectivity index (χ0v) is 10.1. The molecular weight excluding hydrogens is 208 g/mol. The lowest BCUT2D eigenvalue weighted by Crippen LogP contribution is -2.41. The fourth-order valence-electron chi connectivity index (χ4n) is 2.32. The molecule has 2 heterocycles. The molecule has 2 N–H and O–H groups in total. The van der Waals surface area contributed by atoms with E-state index < -0.39 is 5.60 Å². The number of nitrogens with zero attached hydrogens (tertiary/aromatic N) is 1. The van der Waals surface area contributed by atoms with Crippen LogP contribution in [-0.2, 0) is 9.47 Å². The summed E-state index contributed by atoms with van der Waals surface area (Å²) in [6.07, 6.45) is -0.277. The molecule has 2 fully saturated rings. The molecule has 2 aliphatic heterocycles. The van der Waals surface area contributed by atoms with Crippen LogP contribution >= 0.6 is 0 Å². The molecule has 3 atom stereocenters. The van der Waals surface area contributed by atoms with E-state index in [2.05, 4.69) is 0 Å². The van der Waals surface area contributed by atoms with Gasteiger partial charge in [0.25, 0.3) is 0 Å². The molecule has 92 valence electrons. The van der Waals surface area contributed by atoms with Crippen molar-refractivity contribution in [1.82, 2.24) is 4.90 Å². The van der Waals surface area contributed by atoms with Gasteiger partial charge in [0.15, 0.2) is 0 Å². The molecule has 0 aromatic carbocycles. The van der Waals surface area contributed by atoms with Crippen molar-refractivity contribution >= 4 is 6.09 Å². The summed E-state index contributed by atoms with van der Waals surface area (Å²) >= 11 is 0. The van der Waals surface area contributed by atoms with Crippen molar-refractivity contribution in [1.29, 1.82) is 0 Å². The largest absolute Gasteiger partial charge is 0.444 e. The maximum Gasteiger partial charge on any atom is 0.410 e. The van der Waals surface area contributed by atoms with E-state index in [9.17, 15) is 4.79 Å². The van der Waals surface area contributed by atoms with E-state index in [4.69, 9.17) is 15.2 Å². The summed E-state index contributed by atoms with van der Waals surface area (Å²) in [4.78, 5) is 13.7. The number of hydrogen-bond donors (Lipinski definition) is 1. The predicted molar refractivity (Wildman–Crippen MR) is 59.0 cm³/mol. The molecule has 5 nitrogen and oxygen atoms in total. The van der Waals surface area contributed by atoms with Gasteiger partial charge in [0.1, 0.15) is 5.60 Å². The Kier molecular flexibility index (Phi) is 2.84. The zero-order valence-electron chi connectivity index (χ0n) is 10.1. The Balaban J connectivity index is 2.02. The van der Waals surface area contributed by atoms with Crippen molar-refractivity contribution in [3.63, 3.8) is 0 Å². The summed E-state index contributed by atoms with van der Waals surface area (Å²) in [5, 5.41) is 0. The van der Waals surface area contributed by atoms with E-state index in [0.29, 0.717) is 19.8 Å². The van der Waals surface area contributed by atoms with Crippen molar-refractivity contribution in [2.45, 2.75) is 38.5 Å². The minimum absolute atomic E-state index is 0.0139. The third-order valence-electron chi connectivity index (χ3n) is 3.08. The summed E-state index contributed by atoms with van der Waals surface area (Å²) in [5.74, 6) is 0.271. The van der Waals surface area contributed by atoms with Crippen LogP contribution in [0.5, 0.6) is 0 Å². The first-order valence-electron chi connectivity index (χ1n) is 5.71. The fraction of sp³-hybridized carbons (Fsp3) is 0.909. The zero-order chi connectivity index (χ0) is 11.9. The Morgan fingerprint density at radius 2 is 2.12 bits per heavy atom. The van der Waals surface area contributed by atoms with Crippen LogP contribution in [0.1, 0.15) is 20.8 Å². The molecule has 5 heteroatoms. The maximum atomic E-state index is 11.9. The molecule has 0 aromatic rings. The summed E-state index contributed by atoms with van der Waals surface area (Å²) in [6.45, 7) is 7.41. The first-order chi connectivity index (χ1) is 7.38. The Morgan fingerprint density at radius 3 is 2.75 bits per heavy atom. The Hall–Kier alpha value is -0.810. The van der Waals surface area contributed by atoms with E-state index in [1.165, 1.54) is 0 Å². The lowest BCUT2D eigenvalue weighted by Gasteiger charge is -2.27. The van der Waals surface area contributed by atoms with Crippen LogP contribution in [0.25, 0.3) is 0 Å². The molecule has 2 aliphatic rings. The molecule has 0 radical (unpaired) electrons. The number of carbonyl (C=O) groups is 1. The number of carbonyl (C=O) groups excluding carboxylic acids is 1. The average Bonchev–Trinajstić information content (AvgIpc) is 2.66. The molecule has 1 amide bonds. The highest BCUT2D eigenvalue weighted by Gasteiger charge is 2.46. The van der Waals surface area contributed by atoms with Crippen LogP contribution in [0.3, 0.4) is 0 Å². The van der Waals surface area contributed by atoms with Gasteiger partial charge in [-0.2, -0.15) is 0 Å². The molecule has 16 heavy (non-hydrogen) atoms.